The van der Waals surface area contributed by atoms with Gasteiger partial charge in [-0.1, -0.05) is 30.3 Å². The Labute approximate surface area is 116 Å². The maximum Gasteiger partial charge on any atom is 0.315 e. The summed E-state index contributed by atoms with van der Waals surface area (Å²) in [7, 11) is -4.24. The normalized spacial score (nSPS) is 11.1. The van der Waals surface area contributed by atoms with E-state index < -0.39 is 16.1 Å². The smallest absolute Gasteiger partial charge is 0.315 e. The summed E-state index contributed by atoms with van der Waals surface area (Å²) < 4.78 is 35.6. The van der Waals surface area contributed by atoms with Gasteiger partial charge < -0.3 is 4.74 Å². The SMILES string of the molecule is O=C(Cc1ccccc1)Oc1ccc(S(=O)(=O)O)cc1. The average Bonchev–Trinajstić information content (AvgIpc) is 2.39. The lowest BCUT2D eigenvalue weighted by Gasteiger charge is -2.05. The van der Waals surface area contributed by atoms with Gasteiger partial charge in [0.15, 0.2) is 0 Å². The second kappa shape index (κ2) is 5.85. The van der Waals surface area contributed by atoms with Gasteiger partial charge in [-0.3, -0.25) is 9.35 Å². The first-order chi connectivity index (χ1) is 9.45. The molecule has 6 heteroatoms. The van der Waals surface area contributed by atoms with E-state index in [1.54, 1.807) is 0 Å². The third-order valence-electron chi connectivity index (χ3n) is 2.54. The highest BCUT2D eigenvalue weighted by molar-refractivity contribution is 7.85. The van der Waals surface area contributed by atoms with Crippen molar-refractivity contribution in [2.45, 2.75) is 11.3 Å². The van der Waals surface area contributed by atoms with Crippen molar-refractivity contribution in [3.8, 4) is 5.75 Å². The van der Waals surface area contributed by atoms with Crippen LogP contribution >= 0.6 is 0 Å². The van der Waals surface area contributed by atoms with Crippen LogP contribution in [0.5, 0.6) is 5.75 Å². The van der Waals surface area contributed by atoms with E-state index in [4.69, 9.17) is 9.29 Å². The maximum absolute atomic E-state index is 11.7. The summed E-state index contributed by atoms with van der Waals surface area (Å²) in [5, 5.41) is 0. The fourth-order valence-electron chi connectivity index (χ4n) is 1.61. The fourth-order valence-corrected chi connectivity index (χ4v) is 2.09. The zero-order chi connectivity index (χ0) is 14.6. The summed E-state index contributed by atoms with van der Waals surface area (Å²) in [5.41, 5.74) is 0.826. The van der Waals surface area contributed by atoms with Gasteiger partial charge in [-0.15, -0.1) is 0 Å². The van der Waals surface area contributed by atoms with Crippen molar-refractivity contribution in [3.05, 3.63) is 60.2 Å². The van der Waals surface area contributed by atoms with Gasteiger partial charge in [-0.25, -0.2) is 0 Å². The highest BCUT2D eigenvalue weighted by atomic mass is 32.2. The molecule has 0 aliphatic rings. The Balaban J connectivity index is 2.02. The zero-order valence-electron chi connectivity index (χ0n) is 10.4. The van der Waals surface area contributed by atoms with Crippen LogP contribution in [0.4, 0.5) is 0 Å². The first-order valence-corrected chi connectivity index (χ1v) is 7.21. The summed E-state index contributed by atoms with van der Waals surface area (Å²) in [6.45, 7) is 0. The largest absolute Gasteiger partial charge is 0.426 e. The molecule has 0 atom stereocenters. The van der Waals surface area contributed by atoms with Crippen LogP contribution in [-0.2, 0) is 21.3 Å². The van der Waals surface area contributed by atoms with E-state index in [2.05, 4.69) is 0 Å². The molecule has 0 heterocycles. The predicted octanol–water partition coefficient (Wildman–Crippen LogP) is 2.08. The number of rotatable bonds is 4. The molecule has 1 N–H and O–H groups in total. The molecule has 2 rings (SSSR count). The fraction of sp³-hybridized carbons (Fsp3) is 0.0714. The third kappa shape index (κ3) is 3.91. The number of hydrogen-bond acceptors (Lipinski definition) is 4. The Morgan fingerprint density at radius 1 is 1.00 bits per heavy atom. The van der Waals surface area contributed by atoms with E-state index >= 15 is 0 Å². The molecule has 0 bridgehead atoms. The van der Waals surface area contributed by atoms with Crippen molar-refractivity contribution in [1.82, 2.24) is 0 Å². The Bertz CT molecular complexity index is 690. The zero-order valence-corrected chi connectivity index (χ0v) is 11.2. The van der Waals surface area contributed by atoms with Crippen molar-refractivity contribution in [3.63, 3.8) is 0 Å². The molecule has 0 fully saturated rings. The topological polar surface area (TPSA) is 80.7 Å². The van der Waals surface area contributed by atoms with Crippen LogP contribution in [0, 0.1) is 0 Å². The molecule has 104 valence electrons. The first-order valence-electron chi connectivity index (χ1n) is 5.77. The molecule has 0 aromatic heterocycles. The Kier molecular flexibility index (Phi) is 4.16. The van der Waals surface area contributed by atoms with Crippen LogP contribution in [0.25, 0.3) is 0 Å². The molecule has 0 aliphatic heterocycles. The number of carbonyl (C=O) groups excluding carboxylic acids is 1. The minimum Gasteiger partial charge on any atom is -0.426 e. The molecule has 0 aliphatic carbocycles. The summed E-state index contributed by atoms with van der Waals surface area (Å²) in [6.07, 6.45) is 0.126. The number of hydrogen-bond donors (Lipinski definition) is 1. The van der Waals surface area contributed by atoms with Crippen molar-refractivity contribution in [2.75, 3.05) is 0 Å². The minimum absolute atomic E-state index is 0.126. The van der Waals surface area contributed by atoms with Crippen LogP contribution in [-0.4, -0.2) is 18.9 Å². The van der Waals surface area contributed by atoms with E-state index in [0.29, 0.717) is 0 Å². The van der Waals surface area contributed by atoms with Crippen molar-refractivity contribution >= 4 is 16.1 Å². The molecule has 20 heavy (non-hydrogen) atoms. The number of ether oxygens (including phenoxy) is 1. The van der Waals surface area contributed by atoms with Crippen molar-refractivity contribution in [1.29, 1.82) is 0 Å². The second-order valence-corrected chi connectivity index (χ2v) is 5.50. The van der Waals surface area contributed by atoms with Gasteiger partial charge in [0, 0.05) is 0 Å². The standard InChI is InChI=1S/C14H12O5S/c15-14(10-11-4-2-1-3-5-11)19-12-6-8-13(9-7-12)20(16,17)18/h1-9H,10H2,(H,16,17,18). The van der Waals surface area contributed by atoms with Gasteiger partial charge in [0.05, 0.1) is 11.3 Å². The van der Waals surface area contributed by atoms with Gasteiger partial charge in [-0.2, -0.15) is 8.42 Å². The number of esters is 1. The molecule has 2 aromatic rings. The molecule has 0 saturated carbocycles. The van der Waals surface area contributed by atoms with Crippen LogP contribution < -0.4 is 4.74 Å². The van der Waals surface area contributed by atoms with Gasteiger partial charge in [-0.05, 0) is 29.8 Å². The van der Waals surface area contributed by atoms with Crippen LogP contribution in [0.15, 0.2) is 59.5 Å². The summed E-state index contributed by atoms with van der Waals surface area (Å²) in [4.78, 5) is 11.4. The second-order valence-electron chi connectivity index (χ2n) is 4.08. The molecule has 0 radical (unpaired) electrons. The Hall–Kier alpha value is -2.18. The number of carbonyl (C=O) groups is 1. The summed E-state index contributed by atoms with van der Waals surface area (Å²) in [6, 6.07) is 14.1. The Morgan fingerprint density at radius 2 is 1.60 bits per heavy atom. The lowest BCUT2D eigenvalue weighted by Crippen LogP contribution is -2.11. The Morgan fingerprint density at radius 3 is 2.15 bits per heavy atom. The van der Waals surface area contributed by atoms with Gasteiger partial charge >= 0.3 is 5.97 Å². The van der Waals surface area contributed by atoms with Crippen LogP contribution in [0.3, 0.4) is 0 Å². The lowest BCUT2D eigenvalue weighted by atomic mass is 10.2. The number of benzene rings is 2. The average molecular weight is 292 g/mol. The van der Waals surface area contributed by atoms with Crippen LogP contribution in [0.2, 0.25) is 0 Å². The molecule has 5 nitrogen and oxygen atoms in total. The first kappa shape index (κ1) is 14.2. The monoisotopic (exact) mass is 292 g/mol. The van der Waals surface area contributed by atoms with E-state index in [-0.39, 0.29) is 17.1 Å². The summed E-state index contributed by atoms with van der Waals surface area (Å²) in [5.74, 6) is -0.228. The quantitative estimate of drug-likeness (QED) is 0.530. The predicted molar refractivity (Wildman–Crippen MR) is 72.0 cm³/mol. The minimum atomic E-state index is -4.24. The van der Waals surface area contributed by atoms with E-state index in [1.807, 2.05) is 30.3 Å². The molecule has 2 aromatic carbocycles. The highest BCUT2D eigenvalue weighted by Crippen LogP contribution is 2.16. The van der Waals surface area contributed by atoms with Gasteiger partial charge in [0.25, 0.3) is 10.1 Å². The molecule has 0 spiro atoms. The summed E-state index contributed by atoms with van der Waals surface area (Å²) >= 11 is 0. The van der Waals surface area contributed by atoms with E-state index in [1.165, 1.54) is 24.3 Å². The molecular formula is C14H12O5S. The highest BCUT2D eigenvalue weighted by Gasteiger charge is 2.10. The molecular weight excluding hydrogens is 280 g/mol. The van der Waals surface area contributed by atoms with Crippen LogP contribution in [0.1, 0.15) is 5.56 Å². The van der Waals surface area contributed by atoms with Crippen molar-refractivity contribution in [2.24, 2.45) is 0 Å². The van der Waals surface area contributed by atoms with E-state index in [9.17, 15) is 13.2 Å². The van der Waals surface area contributed by atoms with Gasteiger partial charge in [0.2, 0.25) is 0 Å². The molecule has 0 unspecified atom stereocenters. The van der Waals surface area contributed by atoms with Gasteiger partial charge in [0.1, 0.15) is 5.75 Å². The maximum atomic E-state index is 11.7. The van der Waals surface area contributed by atoms with E-state index in [0.717, 1.165) is 5.56 Å². The lowest BCUT2D eigenvalue weighted by molar-refractivity contribution is -0.133. The molecule has 0 saturated heterocycles. The molecule has 0 amide bonds. The van der Waals surface area contributed by atoms with Crippen molar-refractivity contribution < 1.29 is 22.5 Å². The third-order valence-corrected chi connectivity index (χ3v) is 3.41.